The van der Waals surface area contributed by atoms with E-state index in [4.69, 9.17) is 9.84 Å². The third-order valence-corrected chi connectivity index (χ3v) is 2.05. The molecule has 0 unspecified atom stereocenters. The van der Waals surface area contributed by atoms with Crippen molar-refractivity contribution < 1.29 is 28.2 Å². The van der Waals surface area contributed by atoms with Crippen molar-refractivity contribution in [3.05, 3.63) is 11.9 Å². The molecule has 0 atom stereocenters. The number of esters is 1. The normalized spacial score (nSPS) is 11.6. The minimum atomic E-state index is -3.90. The van der Waals surface area contributed by atoms with Crippen LogP contribution in [0.4, 0.5) is 8.78 Å². The first-order valence-electron chi connectivity index (χ1n) is 5.67. The van der Waals surface area contributed by atoms with E-state index in [-0.39, 0.29) is 36.8 Å². The summed E-state index contributed by atoms with van der Waals surface area (Å²) in [5.41, 5.74) is 0.155. The number of aromatic nitrogens is 3. The summed E-state index contributed by atoms with van der Waals surface area (Å²) in [5, 5.41) is 15.2. The number of aliphatic hydroxyl groups is 1. The van der Waals surface area contributed by atoms with Crippen LogP contribution in [0.2, 0.25) is 0 Å². The second-order valence-electron chi connectivity index (χ2n) is 3.55. The van der Waals surface area contributed by atoms with Gasteiger partial charge in [0.15, 0.2) is 0 Å². The number of halogens is 2. The van der Waals surface area contributed by atoms with Crippen LogP contribution in [0.5, 0.6) is 0 Å². The van der Waals surface area contributed by atoms with Gasteiger partial charge in [-0.25, -0.2) is 4.79 Å². The number of carbonyl (C=O) groups excluding carboxylic acids is 1. The number of ether oxygens (including phenoxy) is 2. The maximum atomic E-state index is 13.5. The highest BCUT2D eigenvalue weighted by Gasteiger charge is 2.44. The van der Waals surface area contributed by atoms with Gasteiger partial charge in [0.05, 0.1) is 19.4 Å². The SMILES string of the molecule is CCOC(=O)C(F)(F)n1cc(COCCCO)nn1. The minimum Gasteiger partial charge on any atom is -0.460 e. The Bertz CT molecular complexity index is 411. The van der Waals surface area contributed by atoms with E-state index in [1.54, 1.807) is 0 Å². The van der Waals surface area contributed by atoms with E-state index in [9.17, 15) is 13.6 Å². The molecule has 0 spiro atoms. The molecule has 1 aromatic heterocycles. The van der Waals surface area contributed by atoms with Crippen molar-refractivity contribution in [2.45, 2.75) is 26.0 Å². The zero-order valence-corrected chi connectivity index (χ0v) is 10.4. The van der Waals surface area contributed by atoms with Gasteiger partial charge in [0.25, 0.3) is 0 Å². The van der Waals surface area contributed by atoms with Crippen molar-refractivity contribution in [1.82, 2.24) is 15.0 Å². The number of alkyl halides is 2. The summed E-state index contributed by atoms with van der Waals surface area (Å²) in [5.74, 6) is -1.69. The van der Waals surface area contributed by atoms with E-state index in [2.05, 4.69) is 15.0 Å². The van der Waals surface area contributed by atoms with Gasteiger partial charge < -0.3 is 14.6 Å². The first-order chi connectivity index (χ1) is 9.02. The molecule has 1 heterocycles. The summed E-state index contributed by atoms with van der Waals surface area (Å²) in [6, 6.07) is -3.90. The summed E-state index contributed by atoms with van der Waals surface area (Å²) < 4.78 is 36.4. The van der Waals surface area contributed by atoms with Gasteiger partial charge in [-0.15, -0.1) is 5.10 Å². The molecule has 0 aromatic carbocycles. The molecule has 0 aliphatic rings. The fourth-order valence-electron chi connectivity index (χ4n) is 1.16. The summed E-state index contributed by atoms with van der Waals surface area (Å²) >= 11 is 0. The molecule has 9 heteroatoms. The van der Waals surface area contributed by atoms with Crippen LogP contribution in [0.15, 0.2) is 6.20 Å². The number of hydrogen-bond donors (Lipinski definition) is 1. The Morgan fingerprint density at radius 3 is 2.95 bits per heavy atom. The Hall–Kier alpha value is -1.61. The minimum absolute atomic E-state index is 0.0202. The average molecular weight is 279 g/mol. The monoisotopic (exact) mass is 279 g/mol. The molecule has 1 N–H and O–H groups in total. The van der Waals surface area contributed by atoms with Gasteiger partial charge in [0.1, 0.15) is 5.69 Å². The number of rotatable bonds is 8. The molecule has 1 rings (SSSR count). The van der Waals surface area contributed by atoms with Gasteiger partial charge in [-0.2, -0.15) is 13.5 Å². The van der Waals surface area contributed by atoms with Crippen LogP contribution in [-0.4, -0.2) is 45.9 Å². The van der Waals surface area contributed by atoms with Crippen LogP contribution in [0.1, 0.15) is 19.0 Å². The van der Waals surface area contributed by atoms with Crippen molar-refractivity contribution in [2.24, 2.45) is 0 Å². The van der Waals surface area contributed by atoms with Crippen molar-refractivity contribution >= 4 is 5.97 Å². The molecule has 0 aliphatic heterocycles. The lowest BCUT2D eigenvalue weighted by Crippen LogP contribution is -2.35. The topological polar surface area (TPSA) is 86.5 Å². The summed E-state index contributed by atoms with van der Waals surface area (Å²) in [4.78, 5) is 11.1. The number of carbonyl (C=O) groups is 1. The molecular formula is C10H15F2N3O4. The van der Waals surface area contributed by atoms with Crippen molar-refractivity contribution in [1.29, 1.82) is 0 Å². The molecule has 0 saturated carbocycles. The predicted molar refractivity (Wildman–Crippen MR) is 58.2 cm³/mol. The quantitative estimate of drug-likeness (QED) is 0.543. The van der Waals surface area contributed by atoms with E-state index < -0.39 is 12.0 Å². The van der Waals surface area contributed by atoms with Gasteiger partial charge in [0, 0.05) is 13.2 Å². The van der Waals surface area contributed by atoms with E-state index in [1.807, 2.05) is 0 Å². The summed E-state index contributed by atoms with van der Waals surface area (Å²) in [6.07, 6.45) is 1.35. The lowest BCUT2D eigenvalue weighted by Gasteiger charge is -2.13. The Morgan fingerprint density at radius 1 is 1.58 bits per heavy atom. The lowest BCUT2D eigenvalue weighted by molar-refractivity contribution is -0.190. The molecule has 19 heavy (non-hydrogen) atoms. The van der Waals surface area contributed by atoms with Crippen LogP contribution in [0.3, 0.4) is 0 Å². The zero-order chi connectivity index (χ0) is 14.3. The van der Waals surface area contributed by atoms with Crippen molar-refractivity contribution in [2.75, 3.05) is 19.8 Å². The third-order valence-electron chi connectivity index (χ3n) is 2.05. The maximum Gasteiger partial charge on any atom is 0.443 e. The molecule has 1 aromatic rings. The maximum absolute atomic E-state index is 13.5. The molecule has 7 nitrogen and oxygen atoms in total. The molecular weight excluding hydrogens is 264 g/mol. The van der Waals surface area contributed by atoms with E-state index in [0.717, 1.165) is 6.20 Å². The van der Waals surface area contributed by atoms with Crippen LogP contribution < -0.4 is 0 Å². The molecule has 108 valence electrons. The first kappa shape index (κ1) is 15.4. The van der Waals surface area contributed by atoms with Gasteiger partial charge in [-0.1, -0.05) is 5.21 Å². The van der Waals surface area contributed by atoms with Gasteiger partial charge >= 0.3 is 12.0 Å². The third kappa shape index (κ3) is 4.21. The second-order valence-corrected chi connectivity index (χ2v) is 3.55. The zero-order valence-electron chi connectivity index (χ0n) is 10.4. The summed E-state index contributed by atoms with van der Waals surface area (Å²) in [7, 11) is 0. The molecule has 0 bridgehead atoms. The van der Waals surface area contributed by atoms with Gasteiger partial charge in [-0.05, 0) is 13.3 Å². The molecule has 0 amide bonds. The fourth-order valence-corrected chi connectivity index (χ4v) is 1.16. The fraction of sp³-hybridized carbons (Fsp3) is 0.700. The predicted octanol–water partition coefficient (Wildman–Crippen LogP) is 0.289. The van der Waals surface area contributed by atoms with E-state index in [1.165, 1.54) is 6.92 Å². The van der Waals surface area contributed by atoms with Gasteiger partial charge in [0.2, 0.25) is 0 Å². The number of hydrogen-bond acceptors (Lipinski definition) is 6. The molecule has 0 saturated heterocycles. The second kappa shape index (κ2) is 7.10. The Morgan fingerprint density at radius 2 is 2.32 bits per heavy atom. The number of nitrogens with zero attached hydrogens (tertiary/aromatic N) is 3. The van der Waals surface area contributed by atoms with E-state index >= 15 is 0 Å². The lowest BCUT2D eigenvalue weighted by atomic mass is 10.4. The largest absolute Gasteiger partial charge is 0.460 e. The highest BCUT2D eigenvalue weighted by molar-refractivity contribution is 5.75. The Labute approximate surface area is 108 Å². The first-order valence-corrected chi connectivity index (χ1v) is 5.67. The van der Waals surface area contributed by atoms with Gasteiger partial charge in [-0.3, -0.25) is 0 Å². The molecule has 0 radical (unpaired) electrons. The van der Waals surface area contributed by atoms with Crippen molar-refractivity contribution in [3.63, 3.8) is 0 Å². The summed E-state index contributed by atoms with van der Waals surface area (Å²) in [6.45, 7) is 1.50. The van der Waals surface area contributed by atoms with Crippen molar-refractivity contribution in [3.8, 4) is 0 Å². The highest BCUT2D eigenvalue weighted by atomic mass is 19.3. The highest BCUT2D eigenvalue weighted by Crippen LogP contribution is 2.21. The molecule has 0 fully saturated rings. The molecule has 0 aliphatic carbocycles. The van der Waals surface area contributed by atoms with Crippen LogP contribution in [0.25, 0.3) is 0 Å². The average Bonchev–Trinajstić information content (AvgIpc) is 2.84. The standard InChI is InChI=1S/C10H15F2N3O4/c1-2-19-9(17)10(11,12)15-6-8(13-14-15)7-18-5-3-4-16/h6,16H,2-5,7H2,1H3. The Balaban J connectivity index is 2.60. The van der Waals surface area contributed by atoms with Crippen LogP contribution >= 0.6 is 0 Å². The van der Waals surface area contributed by atoms with Crippen LogP contribution in [0, 0.1) is 0 Å². The smallest absolute Gasteiger partial charge is 0.443 e. The van der Waals surface area contributed by atoms with E-state index in [0.29, 0.717) is 6.42 Å². The van der Waals surface area contributed by atoms with Crippen LogP contribution in [-0.2, 0) is 26.9 Å². The Kier molecular flexibility index (Phi) is 5.77. The number of aliphatic hydroxyl groups excluding tert-OH is 1.